The molecular weight excluding hydrogens is 507 g/mol. The molecule has 190 valence electrons. The summed E-state index contributed by atoms with van der Waals surface area (Å²) >= 11 is 0. The van der Waals surface area contributed by atoms with Crippen molar-refractivity contribution in [1.82, 2.24) is 14.3 Å². The molecule has 0 spiro atoms. The van der Waals surface area contributed by atoms with Gasteiger partial charge in [0.25, 0.3) is 0 Å². The fraction of sp³-hybridized carbons (Fsp3) is 0.318. The van der Waals surface area contributed by atoms with Crippen LogP contribution in [-0.4, -0.2) is 46.7 Å². The Hall–Kier alpha value is -2.74. The zero-order valence-corrected chi connectivity index (χ0v) is 20.1. The van der Waals surface area contributed by atoms with Crippen LogP contribution < -0.4 is 10.0 Å². The molecule has 3 rings (SSSR count). The third-order valence-electron chi connectivity index (χ3n) is 5.56. The summed E-state index contributed by atoms with van der Waals surface area (Å²) in [6.45, 7) is 3.37. The van der Waals surface area contributed by atoms with E-state index in [1.165, 1.54) is 28.6 Å². The number of hydrogen-bond acceptors (Lipinski definition) is 5. The Bertz CT molecular complexity index is 1320. The number of hydrogen-bond donors (Lipinski definition) is 2. The average Bonchev–Trinajstić information content (AvgIpc) is 3.31. The Morgan fingerprint density at radius 1 is 1.06 bits per heavy atom. The van der Waals surface area contributed by atoms with E-state index in [1.807, 2.05) is 0 Å². The molecule has 13 heteroatoms. The molecular formula is C22H24F3N3O5S2. The largest absolute Gasteiger partial charge is 0.352 e. The number of carbonyl (C=O) groups excluding carboxylic acids is 1. The van der Waals surface area contributed by atoms with Crippen molar-refractivity contribution in [3.05, 3.63) is 77.0 Å². The summed E-state index contributed by atoms with van der Waals surface area (Å²) in [5, 5.41) is 3.20. The van der Waals surface area contributed by atoms with Gasteiger partial charge in [-0.1, -0.05) is 24.8 Å². The van der Waals surface area contributed by atoms with Crippen molar-refractivity contribution in [3.8, 4) is 0 Å². The van der Waals surface area contributed by atoms with Gasteiger partial charge in [-0.05, 0) is 36.1 Å². The fourth-order valence-corrected chi connectivity index (χ4v) is 5.66. The fourth-order valence-electron chi connectivity index (χ4n) is 3.55. The SMILES string of the molecule is C=CS(=O)(=O)NC[C@H]1CCN(S(=O)(=O)c2ccc(CC(=O)NCc3ccc(F)c(F)c3F)cc2)C1. The maximum atomic E-state index is 13.7. The lowest BCUT2D eigenvalue weighted by Gasteiger charge is -2.17. The molecule has 35 heavy (non-hydrogen) atoms. The van der Waals surface area contributed by atoms with Crippen molar-refractivity contribution in [2.24, 2.45) is 5.92 Å². The molecule has 0 aromatic heterocycles. The Morgan fingerprint density at radius 2 is 1.74 bits per heavy atom. The van der Waals surface area contributed by atoms with Crippen molar-refractivity contribution in [3.63, 3.8) is 0 Å². The molecule has 1 heterocycles. The molecule has 1 fully saturated rings. The van der Waals surface area contributed by atoms with Crippen LogP contribution in [0.4, 0.5) is 13.2 Å². The van der Waals surface area contributed by atoms with E-state index in [0.717, 1.165) is 17.5 Å². The Kier molecular flexibility index (Phi) is 8.36. The zero-order valence-electron chi connectivity index (χ0n) is 18.5. The van der Waals surface area contributed by atoms with Gasteiger partial charge in [-0.3, -0.25) is 4.79 Å². The molecule has 1 aliphatic heterocycles. The zero-order chi connectivity index (χ0) is 25.8. The standard InChI is InChI=1S/C22H24F3N3O5S2/c1-2-34(30,31)27-12-16-9-10-28(14-16)35(32,33)18-6-3-15(4-7-18)11-20(29)26-13-17-5-8-19(23)22(25)21(17)24/h2-8,16,27H,1,9-14H2,(H,26,29)/t16-/m1/s1. The van der Waals surface area contributed by atoms with Gasteiger partial charge in [-0.2, -0.15) is 4.31 Å². The number of nitrogens with one attached hydrogen (secondary N) is 2. The number of benzene rings is 2. The molecule has 1 atom stereocenters. The average molecular weight is 532 g/mol. The van der Waals surface area contributed by atoms with Gasteiger partial charge in [-0.15, -0.1) is 0 Å². The predicted molar refractivity (Wildman–Crippen MR) is 122 cm³/mol. The van der Waals surface area contributed by atoms with Crippen LogP contribution in [0.25, 0.3) is 0 Å². The highest BCUT2D eigenvalue weighted by Crippen LogP contribution is 2.24. The lowest BCUT2D eigenvalue weighted by atomic mass is 10.1. The number of carbonyl (C=O) groups is 1. The second-order valence-corrected chi connectivity index (χ2v) is 11.7. The Balaban J connectivity index is 1.55. The van der Waals surface area contributed by atoms with Gasteiger partial charge in [-0.25, -0.2) is 34.7 Å². The van der Waals surface area contributed by atoms with Crippen molar-refractivity contribution in [1.29, 1.82) is 0 Å². The van der Waals surface area contributed by atoms with E-state index in [1.54, 1.807) is 0 Å². The minimum atomic E-state index is -3.81. The van der Waals surface area contributed by atoms with Gasteiger partial charge in [0.15, 0.2) is 17.5 Å². The van der Waals surface area contributed by atoms with E-state index in [-0.39, 0.29) is 49.0 Å². The molecule has 0 radical (unpaired) electrons. The predicted octanol–water partition coefficient (Wildman–Crippen LogP) is 2.04. The molecule has 1 saturated heterocycles. The van der Waals surface area contributed by atoms with Crippen LogP contribution in [0.5, 0.6) is 0 Å². The number of rotatable bonds is 10. The summed E-state index contributed by atoms with van der Waals surface area (Å²) in [5.41, 5.74) is 0.283. The Morgan fingerprint density at radius 3 is 2.40 bits per heavy atom. The van der Waals surface area contributed by atoms with E-state index in [0.29, 0.717) is 12.0 Å². The highest BCUT2D eigenvalue weighted by molar-refractivity contribution is 7.92. The van der Waals surface area contributed by atoms with Gasteiger partial charge in [0.2, 0.25) is 26.0 Å². The van der Waals surface area contributed by atoms with Crippen molar-refractivity contribution >= 4 is 26.0 Å². The third-order valence-corrected chi connectivity index (χ3v) is 8.45. The van der Waals surface area contributed by atoms with Crippen LogP contribution in [0.1, 0.15) is 17.5 Å². The Labute approximate surface area is 201 Å². The molecule has 0 saturated carbocycles. The third kappa shape index (κ3) is 6.69. The van der Waals surface area contributed by atoms with Crippen LogP contribution in [0.2, 0.25) is 0 Å². The number of sulfonamides is 2. The van der Waals surface area contributed by atoms with Gasteiger partial charge in [0, 0.05) is 37.2 Å². The number of amides is 1. The summed E-state index contributed by atoms with van der Waals surface area (Å²) in [4.78, 5) is 12.2. The van der Waals surface area contributed by atoms with Gasteiger partial charge >= 0.3 is 0 Å². The summed E-state index contributed by atoms with van der Waals surface area (Å²) in [7, 11) is -7.40. The van der Waals surface area contributed by atoms with Crippen molar-refractivity contribution in [2.75, 3.05) is 19.6 Å². The summed E-state index contributed by atoms with van der Waals surface area (Å²) in [5.74, 6) is -5.01. The van der Waals surface area contributed by atoms with E-state index < -0.39 is 43.4 Å². The molecule has 8 nitrogen and oxygen atoms in total. The summed E-state index contributed by atoms with van der Waals surface area (Å²) in [6.07, 6.45) is 0.358. The molecule has 2 aromatic carbocycles. The van der Waals surface area contributed by atoms with Gasteiger partial charge in [0.05, 0.1) is 11.3 Å². The second-order valence-electron chi connectivity index (χ2n) is 8.01. The first-order valence-electron chi connectivity index (χ1n) is 10.5. The maximum absolute atomic E-state index is 13.7. The number of nitrogens with zero attached hydrogens (tertiary/aromatic N) is 1. The maximum Gasteiger partial charge on any atom is 0.243 e. The van der Waals surface area contributed by atoms with Crippen LogP contribution in [0.3, 0.4) is 0 Å². The molecule has 2 aromatic rings. The monoisotopic (exact) mass is 531 g/mol. The minimum Gasteiger partial charge on any atom is -0.352 e. The normalized spacial score (nSPS) is 16.8. The topological polar surface area (TPSA) is 113 Å². The highest BCUT2D eigenvalue weighted by Gasteiger charge is 2.32. The van der Waals surface area contributed by atoms with Crippen molar-refractivity contribution in [2.45, 2.75) is 24.3 Å². The lowest BCUT2D eigenvalue weighted by molar-refractivity contribution is -0.120. The first-order valence-corrected chi connectivity index (χ1v) is 13.5. The van der Waals surface area contributed by atoms with Crippen LogP contribution >= 0.6 is 0 Å². The first kappa shape index (κ1) is 26.9. The number of halogens is 3. The van der Waals surface area contributed by atoms with E-state index in [4.69, 9.17) is 0 Å². The van der Waals surface area contributed by atoms with Gasteiger partial charge < -0.3 is 5.32 Å². The molecule has 0 unspecified atom stereocenters. The molecule has 2 N–H and O–H groups in total. The highest BCUT2D eigenvalue weighted by atomic mass is 32.2. The van der Waals surface area contributed by atoms with Gasteiger partial charge in [0.1, 0.15) is 0 Å². The van der Waals surface area contributed by atoms with Crippen LogP contribution in [-0.2, 0) is 37.8 Å². The molecule has 0 aliphatic carbocycles. The minimum absolute atomic E-state index is 0.0258. The molecule has 1 aliphatic rings. The molecule has 0 bridgehead atoms. The van der Waals surface area contributed by atoms with E-state index >= 15 is 0 Å². The lowest BCUT2D eigenvalue weighted by Crippen LogP contribution is -2.32. The molecule has 1 amide bonds. The quantitative estimate of drug-likeness (QED) is 0.456. The van der Waals surface area contributed by atoms with Crippen LogP contribution in [0.15, 0.2) is 53.3 Å². The van der Waals surface area contributed by atoms with Crippen LogP contribution in [0, 0.1) is 23.4 Å². The smallest absolute Gasteiger partial charge is 0.243 e. The second kappa shape index (κ2) is 10.9. The summed E-state index contributed by atoms with van der Waals surface area (Å²) < 4.78 is 92.4. The van der Waals surface area contributed by atoms with E-state index in [9.17, 15) is 34.8 Å². The first-order chi connectivity index (χ1) is 16.4. The van der Waals surface area contributed by atoms with Crippen molar-refractivity contribution < 1.29 is 34.8 Å². The summed E-state index contributed by atoms with van der Waals surface area (Å²) in [6, 6.07) is 7.46. The van der Waals surface area contributed by atoms with E-state index in [2.05, 4.69) is 16.6 Å².